The Hall–Kier alpha value is -4.76. The highest BCUT2D eigenvalue weighted by Crippen LogP contribution is 2.26. The van der Waals surface area contributed by atoms with Gasteiger partial charge in [-0.2, -0.15) is 11.3 Å². The minimum atomic E-state index is -0.562. The lowest BCUT2D eigenvalue weighted by atomic mass is 10.4. The van der Waals surface area contributed by atoms with Crippen LogP contribution in [-0.2, 0) is 0 Å². The summed E-state index contributed by atoms with van der Waals surface area (Å²) in [7, 11) is 0. The molecule has 0 aliphatic heterocycles. The van der Waals surface area contributed by atoms with E-state index >= 15 is 0 Å². The van der Waals surface area contributed by atoms with E-state index in [0.29, 0.717) is 16.0 Å². The number of nitrogens with one attached hydrogen (secondary N) is 1. The zero-order valence-electron chi connectivity index (χ0n) is 43.1. The van der Waals surface area contributed by atoms with Crippen molar-refractivity contribution >= 4 is 127 Å². The summed E-state index contributed by atoms with van der Waals surface area (Å²) in [6.07, 6.45) is 8.51. The lowest BCUT2D eigenvalue weighted by molar-refractivity contribution is -0.402. The van der Waals surface area contributed by atoms with Crippen LogP contribution in [0.5, 0.6) is 0 Å². The van der Waals surface area contributed by atoms with Crippen molar-refractivity contribution in [1.82, 2.24) is 4.98 Å². The summed E-state index contributed by atoms with van der Waals surface area (Å²) in [6.45, 7) is 21.4. The summed E-state index contributed by atoms with van der Waals surface area (Å²) in [5.74, 6) is 4.80. The molecule has 11 heterocycles. The number of hydrogen-bond acceptors (Lipinski definition) is 12. The molecule has 0 spiro atoms. The second-order valence-electron chi connectivity index (χ2n) is 14.9. The van der Waals surface area contributed by atoms with Crippen LogP contribution < -0.4 is 0 Å². The molecule has 0 radical (unpaired) electrons. The number of nitrogens with zero attached hydrogens (tertiary/aromatic N) is 1. The Morgan fingerprint density at radius 3 is 1.38 bits per heavy atom. The Kier molecular flexibility index (Phi) is 49.0. The SMILES string of the molecule is C.C.C.C.Cc1cc(Br)c(Br)o1.Cc1ccc(Br)o1.Cc1ccc(Br)s1.Cc1ccc(Cl)o1.Cc1ccc([N+](=O)[O-])o1.Cc1ccc[nH]1.Cc1ccco1.Cc1cccs1.Cc1ccoc1.Cc1ccsc1.Cc1occc1Cl. The first-order valence-corrected chi connectivity index (χ1v) is 28.7. The predicted molar refractivity (Wildman–Crippen MR) is 351 cm³/mol. The Morgan fingerprint density at radius 1 is 0.570 bits per heavy atom. The van der Waals surface area contributed by atoms with Gasteiger partial charge in [0.2, 0.25) is 0 Å². The number of aromatic amines is 1. The quantitative estimate of drug-likeness (QED) is 0.125. The Balaban J connectivity index is -0.000000390. The molecule has 0 saturated heterocycles. The number of furan rings is 7. The third-order valence-electron chi connectivity index (χ3n) is 8.00. The van der Waals surface area contributed by atoms with Crippen LogP contribution in [-0.4, -0.2) is 9.91 Å². The Morgan fingerprint density at radius 2 is 1.23 bits per heavy atom. The predicted octanol–water partition coefficient (Wildman–Crippen LogP) is 25.4. The summed E-state index contributed by atoms with van der Waals surface area (Å²) >= 11 is 29.2. The highest BCUT2D eigenvalue weighted by atomic mass is 79.9. The van der Waals surface area contributed by atoms with Gasteiger partial charge in [-0.05, 0) is 276 Å². The molecule has 79 heavy (non-hydrogen) atoms. The van der Waals surface area contributed by atoms with E-state index in [1.54, 1.807) is 84.2 Å². The smallest absolute Gasteiger partial charge is 0.433 e. The molecule has 0 aromatic carbocycles. The number of halogens is 6. The van der Waals surface area contributed by atoms with Crippen molar-refractivity contribution < 1.29 is 35.8 Å². The van der Waals surface area contributed by atoms with Crippen LogP contribution in [0.3, 0.4) is 0 Å². The van der Waals surface area contributed by atoms with Crippen LogP contribution in [0.4, 0.5) is 5.88 Å². The van der Waals surface area contributed by atoms with Gasteiger partial charge < -0.3 is 35.9 Å². The van der Waals surface area contributed by atoms with Gasteiger partial charge in [0, 0.05) is 21.6 Å². The molecule has 436 valence electrons. The van der Waals surface area contributed by atoms with Gasteiger partial charge in [-0.3, -0.25) is 10.1 Å². The van der Waals surface area contributed by atoms with Crippen molar-refractivity contribution in [1.29, 1.82) is 0 Å². The minimum Gasteiger partial charge on any atom is -0.472 e. The molecule has 11 aromatic rings. The molecule has 0 aliphatic rings. The van der Waals surface area contributed by atoms with Gasteiger partial charge in [0.05, 0.1) is 44.4 Å². The molecule has 20 heteroatoms. The Bertz CT molecular complexity index is 2660. The molecule has 1 N–H and O–H groups in total. The van der Waals surface area contributed by atoms with Crippen molar-refractivity contribution in [3.8, 4) is 0 Å². The van der Waals surface area contributed by atoms with E-state index in [4.69, 9.17) is 49.7 Å². The summed E-state index contributed by atoms with van der Waals surface area (Å²) in [6, 6.07) is 33.9. The third kappa shape index (κ3) is 43.7. The van der Waals surface area contributed by atoms with E-state index in [1.807, 2.05) is 109 Å². The maximum Gasteiger partial charge on any atom is 0.433 e. The van der Waals surface area contributed by atoms with E-state index in [-0.39, 0.29) is 35.6 Å². The van der Waals surface area contributed by atoms with E-state index < -0.39 is 4.92 Å². The molecule has 0 fully saturated rings. The van der Waals surface area contributed by atoms with E-state index in [9.17, 15) is 10.1 Å². The first-order valence-electron chi connectivity index (χ1n) is 22.1. The molecule has 0 atom stereocenters. The molecule has 0 amide bonds. The number of hydrogen-bond donors (Lipinski definition) is 1. The highest BCUT2D eigenvalue weighted by Gasteiger charge is 2.08. The van der Waals surface area contributed by atoms with Crippen molar-refractivity contribution in [2.45, 2.75) is 106 Å². The first-order chi connectivity index (χ1) is 35.5. The average molecular weight is 1440 g/mol. The molecular weight excluding hydrogens is 1370 g/mol. The summed E-state index contributed by atoms with van der Waals surface area (Å²) < 4.78 is 37.7. The van der Waals surface area contributed by atoms with Crippen LogP contribution in [0.2, 0.25) is 10.2 Å². The van der Waals surface area contributed by atoms with Crippen molar-refractivity contribution in [2.75, 3.05) is 0 Å². The topological polar surface area (TPSA) is 151 Å². The summed E-state index contributed by atoms with van der Waals surface area (Å²) in [4.78, 5) is 15.1. The van der Waals surface area contributed by atoms with Crippen molar-refractivity contribution in [3.63, 3.8) is 0 Å². The maximum atomic E-state index is 9.93. The largest absolute Gasteiger partial charge is 0.472 e. The standard InChI is InChI=1S/C5H4Br2O.C5H5BrO.C5H5BrS.2C5H5ClO.C5H5NO3.C5H7N.2C5H6O.2C5H6S.4CH4/c1-3-2-4(6)5(7)8-3;2*1-4-2-3-5(6)7-4;1-4-5(6)2-3-7-4;1-4-2-3-5(6)7-4;1-4-2-3-5(9-4)6(7)8;1-5-3-2-4-6-5;1-5-2-3-6-4-5;1-5-3-2-4-6-5;1-5-2-3-6-4-5;1-5-3-2-4-6-5;;;;/h2H,1H3;4*2-3H,1H3;2-3H,1H3;2-4,6H,1H3;4*2-4H,1H3;4*1H4. The normalized spacial score (nSPS) is 8.77. The van der Waals surface area contributed by atoms with E-state index in [2.05, 4.69) is 140 Å². The van der Waals surface area contributed by atoms with Crippen molar-refractivity contribution in [2.24, 2.45) is 0 Å². The van der Waals surface area contributed by atoms with Crippen LogP contribution in [0.1, 0.15) is 90.8 Å². The number of aromatic nitrogens is 1. The fourth-order valence-electron chi connectivity index (χ4n) is 4.36. The van der Waals surface area contributed by atoms with Crippen LogP contribution in [0.15, 0.2) is 205 Å². The van der Waals surface area contributed by atoms with Gasteiger partial charge in [0.1, 0.15) is 39.5 Å². The van der Waals surface area contributed by atoms with Gasteiger partial charge >= 0.3 is 5.88 Å². The number of thiophene rings is 3. The molecular formula is C59H76Br4Cl2N2O9S3. The van der Waals surface area contributed by atoms with Gasteiger partial charge in [0.15, 0.2) is 14.6 Å². The monoisotopic (exact) mass is 1440 g/mol. The van der Waals surface area contributed by atoms with Crippen LogP contribution in [0, 0.1) is 86.3 Å². The zero-order chi connectivity index (χ0) is 56.1. The highest BCUT2D eigenvalue weighted by molar-refractivity contribution is 9.13. The van der Waals surface area contributed by atoms with E-state index in [1.165, 1.54) is 36.4 Å². The summed E-state index contributed by atoms with van der Waals surface area (Å²) in [5.41, 5.74) is 3.75. The molecule has 0 saturated carbocycles. The fraction of sp³-hybridized carbons (Fsp3) is 0.254. The van der Waals surface area contributed by atoms with Gasteiger partial charge in [-0.1, -0.05) is 47.4 Å². The molecule has 11 aromatic heterocycles. The first kappa shape index (κ1) is 80.7. The maximum absolute atomic E-state index is 9.93. The fourth-order valence-corrected chi connectivity index (χ4v) is 8.48. The lowest BCUT2D eigenvalue weighted by Crippen LogP contribution is -1.82. The van der Waals surface area contributed by atoms with Gasteiger partial charge in [0.25, 0.3) is 0 Å². The molecule has 0 aliphatic carbocycles. The Labute approximate surface area is 524 Å². The number of H-pyrrole nitrogens is 1. The molecule has 11 rings (SSSR count). The zero-order valence-corrected chi connectivity index (χ0v) is 53.4. The number of rotatable bonds is 1. The molecule has 11 nitrogen and oxygen atoms in total. The molecule has 0 unspecified atom stereocenters. The second kappa shape index (κ2) is 48.0. The van der Waals surface area contributed by atoms with Gasteiger partial charge in [-0.25, -0.2) is 0 Å². The lowest BCUT2D eigenvalue weighted by Gasteiger charge is -1.79. The van der Waals surface area contributed by atoms with E-state index in [0.717, 1.165) is 42.6 Å². The summed E-state index contributed by atoms with van der Waals surface area (Å²) in [5, 5.41) is 17.4. The van der Waals surface area contributed by atoms with Crippen LogP contribution in [0.25, 0.3) is 0 Å². The van der Waals surface area contributed by atoms with Crippen LogP contribution >= 0.6 is 121 Å². The second-order valence-corrected chi connectivity index (χ2v) is 22.6. The minimum absolute atomic E-state index is 0. The molecule has 0 bridgehead atoms. The van der Waals surface area contributed by atoms with Gasteiger partial charge in [-0.15, -0.1) is 22.7 Å². The average Bonchev–Trinajstić information content (AvgIpc) is 4.17. The van der Waals surface area contributed by atoms with Crippen molar-refractivity contribution in [3.05, 3.63) is 256 Å². The third-order valence-corrected chi connectivity index (χ3v) is 13.9. The number of nitro groups is 1. The number of aryl methyl sites for hydroxylation is 11.